The van der Waals surface area contributed by atoms with Crippen molar-refractivity contribution in [3.8, 4) is 0 Å². The minimum absolute atomic E-state index is 0.195. The summed E-state index contributed by atoms with van der Waals surface area (Å²) < 4.78 is 16.5. The summed E-state index contributed by atoms with van der Waals surface area (Å²) in [6.45, 7) is 4.89. The van der Waals surface area contributed by atoms with Crippen LogP contribution in [0.1, 0.15) is 31.7 Å². The van der Waals surface area contributed by atoms with Crippen molar-refractivity contribution in [3.63, 3.8) is 0 Å². The van der Waals surface area contributed by atoms with E-state index in [-0.39, 0.29) is 24.4 Å². The Balaban J connectivity index is 1.68. The number of ether oxygens (including phenoxy) is 3. The van der Waals surface area contributed by atoms with Gasteiger partial charge in [0.15, 0.2) is 11.9 Å². The number of hydrogen-bond acceptors (Lipinski definition) is 7. The van der Waals surface area contributed by atoms with Crippen molar-refractivity contribution in [1.82, 2.24) is 9.88 Å². The maximum Gasteiger partial charge on any atom is 0.306 e. The van der Waals surface area contributed by atoms with E-state index in [1.165, 1.54) is 11.3 Å². The first-order valence-electron chi connectivity index (χ1n) is 7.61. The molecule has 1 aromatic rings. The molecule has 23 heavy (non-hydrogen) atoms. The second-order valence-electron chi connectivity index (χ2n) is 6.11. The molecule has 2 aliphatic rings. The molecule has 3 rings (SSSR count). The quantitative estimate of drug-likeness (QED) is 0.753. The van der Waals surface area contributed by atoms with E-state index in [9.17, 15) is 9.59 Å². The largest absolute Gasteiger partial charge is 0.452 e. The highest BCUT2D eigenvalue weighted by Gasteiger charge is 2.38. The summed E-state index contributed by atoms with van der Waals surface area (Å²) in [6.07, 6.45) is 1.53. The van der Waals surface area contributed by atoms with E-state index >= 15 is 0 Å². The SMILES string of the molecule is CC1(C)OC[C@@H](CN(Cc2nccs2)C(=O)[C@H]2CCC(=O)O2)O1. The van der Waals surface area contributed by atoms with Crippen molar-refractivity contribution in [1.29, 1.82) is 0 Å². The van der Waals surface area contributed by atoms with Crippen molar-refractivity contribution < 1.29 is 23.8 Å². The molecule has 0 bridgehead atoms. The molecule has 126 valence electrons. The molecule has 0 saturated carbocycles. The highest BCUT2D eigenvalue weighted by Crippen LogP contribution is 2.25. The van der Waals surface area contributed by atoms with E-state index in [1.54, 1.807) is 11.1 Å². The molecule has 2 saturated heterocycles. The number of hydrogen-bond donors (Lipinski definition) is 0. The Kier molecular flexibility index (Phi) is 4.65. The molecule has 2 atom stereocenters. The minimum atomic E-state index is -0.696. The van der Waals surface area contributed by atoms with Gasteiger partial charge in [0.1, 0.15) is 11.1 Å². The summed E-state index contributed by atoms with van der Waals surface area (Å²) in [5, 5.41) is 2.70. The number of nitrogens with zero attached hydrogens (tertiary/aromatic N) is 2. The van der Waals surface area contributed by atoms with E-state index in [0.29, 0.717) is 26.1 Å². The summed E-state index contributed by atoms with van der Waals surface area (Å²) in [4.78, 5) is 29.9. The van der Waals surface area contributed by atoms with Gasteiger partial charge in [-0.3, -0.25) is 9.59 Å². The smallest absolute Gasteiger partial charge is 0.306 e. The molecule has 0 aromatic carbocycles. The van der Waals surface area contributed by atoms with Crippen molar-refractivity contribution >= 4 is 23.2 Å². The van der Waals surface area contributed by atoms with Crippen LogP contribution in [0.25, 0.3) is 0 Å². The summed E-state index contributed by atoms with van der Waals surface area (Å²) in [7, 11) is 0. The Hall–Kier alpha value is -1.51. The molecule has 0 N–H and O–H groups in total. The van der Waals surface area contributed by atoms with Crippen LogP contribution in [-0.2, 0) is 30.3 Å². The van der Waals surface area contributed by atoms with E-state index in [1.807, 2.05) is 19.2 Å². The normalized spacial score (nSPS) is 26.3. The van der Waals surface area contributed by atoms with Gasteiger partial charge in [0.25, 0.3) is 5.91 Å². The maximum atomic E-state index is 12.7. The predicted octanol–water partition coefficient (Wildman–Crippen LogP) is 1.33. The van der Waals surface area contributed by atoms with Crippen LogP contribution in [0.2, 0.25) is 0 Å². The third kappa shape index (κ3) is 4.07. The molecule has 1 aromatic heterocycles. The van der Waals surface area contributed by atoms with Crippen molar-refractivity contribution in [2.24, 2.45) is 0 Å². The Morgan fingerprint density at radius 1 is 1.52 bits per heavy atom. The van der Waals surface area contributed by atoms with Crippen LogP contribution in [0.3, 0.4) is 0 Å². The second kappa shape index (κ2) is 6.54. The first-order valence-corrected chi connectivity index (χ1v) is 8.49. The van der Waals surface area contributed by atoms with Crippen LogP contribution < -0.4 is 0 Å². The zero-order chi connectivity index (χ0) is 16.4. The number of carbonyl (C=O) groups excluding carboxylic acids is 2. The second-order valence-corrected chi connectivity index (χ2v) is 7.09. The van der Waals surface area contributed by atoms with Crippen molar-refractivity contribution in [3.05, 3.63) is 16.6 Å². The lowest BCUT2D eigenvalue weighted by Crippen LogP contribution is -2.43. The molecule has 2 aliphatic heterocycles. The van der Waals surface area contributed by atoms with Gasteiger partial charge in [0.05, 0.1) is 13.2 Å². The molecule has 1 amide bonds. The molecule has 0 radical (unpaired) electrons. The fraction of sp³-hybridized carbons (Fsp3) is 0.667. The third-order valence-corrected chi connectivity index (χ3v) is 4.54. The summed E-state index contributed by atoms with van der Waals surface area (Å²) in [5.41, 5.74) is 0. The molecule has 0 unspecified atom stereocenters. The summed E-state index contributed by atoms with van der Waals surface area (Å²) in [5.74, 6) is -1.15. The number of amides is 1. The highest BCUT2D eigenvalue weighted by molar-refractivity contribution is 7.09. The number of cyclic esters (lactones) is 1. The third-order valence-electron chi connectivity index (χ3n) is 3.77. The van der Waals surface area contributed by atoms with Gasteiger partial charge in [0, 0.05) is 31.0 Å². The van der Waals surface area contributed by atoms with Gasteiger partial charge in [-0.05, 0) is 13.8 Å². The summed E-state index contributed by atoms with van der Waals surface area (Å²) >= 11 is 1.48. The average Bonchev–Trinajstić information content (AvgIpc) is 3.20. The van der Waals surface area contributed by atoms with Crippen LogP contribution in [0.5, 0.6) is 0 Å². The monoisotopic (exact) mass is 340 g/mol. The van der Waals surface area contributed by atoms with Crippen LogP contribution in [0, 0.1) is 0 Å². The summed E-state index contributed by atoms with van der Waals surface area (Å²) in [6, 6.07) is 0. The van der Waals surface area contributed by atoms with Gasteiger partial charge in [-0.1, -0.05) is 0 Å². The topological polar surface area (TPSA) is 78.0 Å². The lowest BCUT2D eigenvalue weighted by Gasteiger charge is -2.27. The maximum absolute atomic E-state index is 12.7. The van der Waals surface area contributed by atoms with E-state index in [0.717, 1.165) is 5.01 Å². The molecule has 0 spiro atoms. The molecular weight excluding hydrogens is 320 g/mol. The number of rotatable bonds is 5. The molecule has 3 heterocycles. The Morgan fingerprint density at radius 3 is 2.91 bits per heavy atom. The van der Waals surface area contributed by atoms with E-state index in [4.69, 9.17) is 14.2 Å². The van der Waals surface area contributed by atoms with E-state index < -0.39 is 11.9 Å². The van der Waals surface area contributed by atoms with E-state index in [2.05, 4.69) is 4.98 Å². The molecule has 0 aliphatic carbocycles. The first-order chi connectivity index (χ1) is 10.9. The Morgan fingerprint density at radius 2 is 2.35 bits per heavy atom. The fourth-order valence-electron chi connectivity index (χ4n) is 2.73. The zero-order valence-corrected chi connectivity index (χ0v) is 14.0. The Bertz CT molecular complexity index is 574. The Labute approximate surface area is 138 Å². The van der Waals surface area contributed by atoms with Gasteiger partial charge in [-0.25, -0.2) is 4.98 Å². The zero-order valence-electron chi connectivity index (χ0n) is 13.2. The number of esters is 1. The first kappa shape index (κ1) is 16.4. The van der Waals surface area contributed by atoms with Crippen LogP contribution >= 0.6 is 11.3 Å². The van der Waals surface area contributed by atoms with Crippen LogP contribution in [-0.4, -0.2) is 52.9 Å². The lowest BCUT2D eigenvalue weighted by molar-refractivity contribution is -0.157. The molecule has 7 nitrogen and oxygen atoms in total. The van der Waals surface area contributed by atoms with Crippen molar-refractivity contribution in [2.75, 3.05) is 13.2 Å². The van der Waals surface area contributed by atoms with Crippen molar-refractivity contribution in [2.45, 2.75) is 51.2 Å². The molecule has 8 heteroatoms. The highest BCUT2D eigenvalue weighted by atomic mass is 32.1. The minimum Gasteiger partial charge on any atom is -0.452 e. The van der Waals surface area contributed by atoms with Gasteiger partial charge >= 0.3 is 5.97 Å². The molecule has 2 fully saturated rings. The number of carbonyl (C=O) groups is 2. The van der Waals surface area contributed by atoms with Crippen LogP contribution in [0.4, 0.5) is 0 Å². The van der Waals surface area contributed by atoms with Gasteiger partial charge < -0.3 is 19.1 Å². The standard InChI is InChI=1S/C15H20N2O5S/c1-15(2)20-9-10(22-15)7-17(8-12-16-5-6-23-12)14(19)11-3-4-13(18)21-11/h5-6,10-11H,3-4,7-9H2,1-2H3/t10-,11-/m1/s1. The van der Waals surface area contributed by atoms with Gasteiger partial charge in [-0.15, -0.1) is 11.3 Å². The molecular formula is C15H20N2O5S. The predicted molar refractivity (Wildman–Crippen MR) is 81.5 cm³/mol. The van der Waals surface area contributed by atoms with Gasteiger partial charge in [0.2, 0.25) is 0 Å². The number of aromatic nitrogens is 1. The lowest BCUT2D eigenvalue weighted by atomic mass is 10.2. The number of thiazole rings is 1. The van der Waals surface area contributed by atoms with Gasteiger partial charge in [-0.2, -0.15) is 0 Å². The fourth-order valence-corrected chi connectivity index (χ4v) is 3.36. The average molecular weight is 340 g/mol. The van der Waals surface area contributed by atoms with Crippen LogP contribution in [0.15, 0.2) is 11.6 Å².